The first-order valence-corrected chi connectivity index (χ1v) is 8.11. The first-order valence-electron chi connectivity index (χ1n) is 6.88. The third-order valence-electron chi connectivity index (χ3n) is 3.60. The van der Waals surface area contributed by atoms with Crippen LogP contribution in [0.3, 0.4) is 0 Å². The van der Waals surface area contributed by atoms with E-state index in [0.717, 1.165) is 33.1 Å². The van der Waals surface area contributed by atoms with Crippen LogP contribution in [0.5, 0.6) is 0 Å². The number of pyridine rings is 1. The largest absolute Gasteiger partial charge is 0.253 e. The topological polar surface area (TPSA) is 12.9 Å². The SMILES string of the molecule is Cc1ccc(C(Cl)Cc2ccc3ccccc3n2)cc1Br. The van der Waals surface area contributed by atoms with Crippen molar-refractivity contribution in [3.63, 3.8) is 0 Å². The highest BCUT2D eigenvalue weighted by atomic mass is 79.9. The number of hydrogen-bond donors (Lipinski definition) is 0. The molecule has 0 aliphatic rings. The minimum Gasteiger partial charge on any atom is -0.253 e. The number of hydrogen-bond acceptors (Lipinski definition) is 1. The van der Waals surface area contributed by atoms with Gasteiger partial charge in [-0.2, -0.15) is 0 Å². The molecule has 0 spiro atoms. The number of para-hydroxylation sites is 1. The summed E-state index contributed by atoms with van der Waals surface area (Å²) in [7, 11) is 0. The maximum absolute atomic E-state index is 6.56. The van der Waals surface area contributed by atoms with Crippen molar-refractivity contribution in [2.75, 3.05) is 0 Å². The number of benzene rings is 2. The van der Waals surface area contributed by atoms with Crippen molar-refractivity contribution >= 4 is 38.4 Å². The molecule has 0 aliphatic carbocycles. The predicted molar refractivity (Wildman–Crippen MR) is 92.9 cm³/mol. The molecule has 3 heteroatoms. The molecule has 0 amide bonds. The Hall–Kier alpha value is -1.38. The van der Waals surface area contributed by atoms with Gasteiger partial charge in [0, 0.05) is 22.0 Å². The number of aromatic nitrogens is 1. The quantitative estimate of drug-likeness (QED) is 0.536. The van der Waals surface area contributed by atoms with E-state index in [2.05, 4.69) is 64.2 Å². The minimum atomic E-state index is -0.0736. The fraction of sp³-hybridized carbons (Fsp3) is 0.167. The fourth-order valence-electron chi connectivity index (χ4n) is 2.33. The van der Waals surface area contributed by atoms with Crippen LogP contribution in [0.15, 0.2) is 59.1 Å². The summed E-state index contributed by atoms with van der Waals surface area (Å²) in [5, 5.41) is 1.08. The molecule has 0 fully saturated rings. The number of alkyl halides is 1. The molecule has 21 heavy (non-hydrogen) atoms. The van der Waals surface area contributed by atoms with Gasteiger partial charge in [-0.1, -0.05) is 52.3 Å². The smallest absolute Gasteiger partial charge is 0.0705 e. The van der Waals surface area contributed by atoms with Gasteiger partial charge in [-0.05, 0) is 36.2 Å². The van der Waals surface area contributed by atoms with Gasteiger partial charge in [0.15, 0.2) is 0 Å². The van der Waals surface area contributed by atoms with E-state index in [4.69, 9.17) is 11.6 Å². The number of nitrogens with zero attached hydrogens (tertiary/aromatic N) is 1. The molecule has 1 atom stereocenters. The predicted octanol–water partition coefficient (Wildman–Crippen LogP) is 5.83. The molecule has 0 bridgehead atoms. The summed E-state index contributed by atoms with van der Waals surface area (Å²) in [4.78, 5) is 4.68. The summed E-state index contributed by atoms with van der Waals surface area (Å²) in [5.74, 6) is 0. The Balaban J connectivity index is 1.85. The van der Waals surface area contributed by atoms with Crippen LogP contribution in [0.2, 0.25) is 0 Å². The molecule has 0 saturated heterocycles. The fourth-order valence-corrected chi connectivity index (χ4v) is 3.02. The molecule has 2 aromatic carbocycles. The molecule has 3 aromatic rings. The third kappa shape index (κ3) is 3.28. The standard InChI is InChI=1S/C18H15BrClN/c1-12-6-7-14(10-16(12)19)17(20)11-15-9-8-13-4-2-3-5-18(13)21-15/h2-10,17H,11H2,1H3. The van der Waals surface area contributed by atoms with Gasteiger partial charge in [0.1, 0.15) is 0 Å². The van der Waals surface area contributed by atoms with E-state index < -0.39 is 0 Å². The average Bonchev–Trinajstić information content (AvgIpc) is 2.50. The van der Waals surface area contributed by atoms with Crippen molar-refractivity contribution in [3.05, 3.63) is 75.9 Å². The summed E-state index contributed by atoms with van der Waals surface area (Å²) in [6, 6.07) is 18.6. The van der Waals surface area contributed by atoms with Gasteiger partial charge < -0.3 is 0 Å². The summed E-state index contributed by atoms with van der Waals surface area (Å²) in [6.45, 7) is 2.07. The number of aryl methyl sites for hydroxylation is 1. The number of halogens is 2. The van der Waals surface area contributed by atoms with E-state index >= 15 is 0 Å². The van der Waals surface area contributed by atoms with Gasteiger partial charge >= 0.3 is 0 Å². The molecular weight excluding hydrogens is 346 g/mol. The summed E-state index contributed by atoms with van der Waals surface area (Å²) >= 11 is 10.1. The Morgan fingerprint density at radius 2 is 1.90 bits per heavy atom. The second kappa shape index (κ2) is 6.17. The van der Waals surface area contributed by atoms with Gasteiger partial charge in [-0.3, -0.25) is 4.98 Å². The second-order valence-corrected chi connectivity index (χ2v) is 6.56. The first kappa shape index (κ1) is 14.6. The lowest BCUT2D eigenvalue weighted by molar-refractivity contribution is 0.886. The van der Waals surface area contributed by atoms with Crippen molar-refractivity contribution in [3.8, 4) is 0 Å². The van der Waals surface area contributed by atoms with E-state index in [1.54, 1.807) is 0 Å². The molecule has 1 aromatic heterocycles. The Morgan fingerprint density at radius 1 is 1.10 bits per heavy atom. The van der Waals surface area contributed by atoms with Crippen LogP contribution in [0, 0.1) is 6.92 Å². The zero-order valence-corrected chi connectivity index (χ0v) is 14.0. The van der Waals surface area contributed by atoms with Crippen molar-refractivity contribution in [2.45, 2.75) is 18.7 Å². The first-order chi connectivity index (χ1) is 10.1. The lowest BCUT2D eigenvalue weighted by atomic mass is 10.0. The normalized spacial score (nSPS) is 12.5. The molecule has 1 unspecified atom stereocenters. The highest BCUT2D eigenvalue weighted by molar-refractivity contribution is 9.10. The van der Waals surface area contributed by atoms with Gasteiger partial charge in [0.05, 0.1) is 10.9 Å². The van der Waals surface area contributed by atoms with Crippen LogP contribution >= 0.6 is 27.5 Å². The average molecular weight is 361 g/mol. The zero-order valence-electron chi connectivity index (χ0n) is 11.7. The Morgan fingerprint density at radius 3 is 2.71 bits per heavy atom. The second-order valence-electron chi connectivity index (χ2n) is 5.18. The highest BCUT2D eigenvalue weighted by Gasteiger charge is 2.11. The molecule has 1 nitrogen and oxygen atoms in total. The number of rotatable bonds is 3. The molecular formula is C18H15BrClN. The maximum Gasteiger partial charge on any atom is 0.0705 e. The summed E-state index contributed by atoms with van der Waals surface area (Å²) in [5.41, 5.74) is 4.37. The van der Waals surface area contributed by atoms with E-state index in [-0.39, 0.29) is 5.38 Å². The molecule has 106 valence electrons. The van der Waals surface area contributed by atoms with Crippen LogP contribution < -0.4 is 0 Å². The van der Waals surface area contributed by atoms with Crippen molar-refractivity contribution in [1.29, 1.82) is 0 Å². The highest BCUT2D eigenvalue weighted by Crippen LogP contribution is 2.28. The summed E-state index contributed by atoms with van der Waals surface area (Å²) < 4.78 is 1.09. The molecule has 0 radical (unpaired) electrons. The van der Waals surface area contributed by atoms with Gasteiger partial charge in [0.25, 0.3) is 0 Å². The Kier molecular flexibility index (Phi) is 4.27. The maximum atomic E-state index is 6.56. The van der Waals surface area contributed by atoms with Crippen molar-refractivity contribution in [2.24, 2.45) is 0 Å². The Bertz CT molecular complexity index is 785. The van der Waals surface area contributed by atoms with E-state index in [1.165, 1.54) is 5.56 Å². The van der Waals surface area contributed by atoms with Gasteiger partial charge in [-0.15, -0.1) is 11.6 Å². The van der Waals surface area contributed by atoms with Crippen LogP contribution in [-0.2, 0) is 6.42 Å². The molecule has 0 N–H and O–H groups in total. The van der Waals surface area contributed by atoms with E-state index in [9.17, 15) is 0 Å². The molecule has 3 rings (SSSR count). The Labute approximate surface area is 138 Å². The lowest BCUT2D eigenvalue weighted by Gasteiger charge is -2.11. The number of fused-ring (bicyclic) bond motifs is 1. The van der Waals surface area contributed by atoms with E-state index in [0.29, 0.717) is 0 Å². The monoisotopic (exact) mass is 359 g/mol. The van der Waals surface area contributed by atoms with Gasteiger partial charge in [0.2, 0.25) is 0 Å². The molecule has 0 aliphatic heterocycles. The third-order valence-corrected chi connectivity index (χ3v) is 4.86. The lowest BCUT2D eigenvalue weighted by Crippen LogP contribution is -1.99. The molecule has 0 saturated carbocycles. The van der Waals surface area contributed by atoms with Crippen LogP contribution in [0.4, 0.5) is 0 Å². The van der Waals surface area contributed by atoms with Crippen molar-refractivity contribution < 1.29 is 0 Å². The summed E-state index contributed by atoms with van der Waals surface area (Å²) in [6.07, 6.45) is 0.724. The van der Waals surface area contributed by atoms with Crippen LogP contribution in [0.1, 0.15) is 22.2 Å². The minimum absolute atomic E-state index is 0.0736. The molecule has 1 heterocycles. The van der Waals surface area contributed by atoms with Crippen LogP contribution in [-0.4, -0.2) is 4.98 Å². The van der Waals surface area contributed by atoms with Crippen LogP contribution in [0.25, 0.3) is 10.9 Å². The van der Waals surface area contributed by atoms with Crippen molar-refractivity contribution in [1.82, 2.24) is 4.98 Å². The van der Waals surface area contributed by atoms with Gasteiger partial charge in [-0.25, -0.2) is 0 Å². The zero-order chi connectivity index (χ0) is 14.8. The van der Waals surface area contributed by atoms with E-state index in [1.807, 2.05) is 18.2 Å².